The maximum atomic E-state index is 5.10. The van der Waals surface area contributed by atoms with Crippen LogP contribution in [0.25, 0.3) is 0 Å². The Balaban J connectivity index is 1.53. The molecule has 1 aromatic rings. The van der Waals surface area contributed by atoms with Gasteiger partial charge in [-0.25, -0.2) is 4.98 Å². The number of nitrogens with zero attached hydrogens (tertiary/aromatic N) is 4. The smallest absolute Gasteiger partial charge is 0.192 e. The molecule has 1 saturated carbocycles. The molecule has 0 amide bonds. The molecule has 0 atom stereocenters. The highest BCUT2D eigenvalue weighted by molar-refractivity contribution is 9.11. The van der Waals surface area contributed by atoms with Crippen LogP contribution in [0.3, 0.4) is 0 Å². The van der Waals surface area contributed by atoms with Crippen LogP contribution in [0.15, 0.2) is 26.5 Å². The van der Waals surface area contributed by atoms with E-state index in [0.29, 0.717) is 5.25 Å². The third-order valence-corrected chi connectivity index (χ3v) is 8.27. The second kappa shape index (κ2) is 7.86. The Kier molecular flexibility index (Phi) is 5.69. The zero-order valence-corrected chi connectivity index (χ0v) is 19.0. The molecule has 3 heterocycles. The first-order valence-corrected chi connectivity index (χ1v) is 12.0. The minimum atomic E-state index is 0.572. The van der Waals surface area contributed by atoms with Crippen molar-refractivity contribution in [2.45, 2.75) is 49.1 Å². The summed E-state index contributed by atoms with van der Waals surface area (Å²) >= 11 is 7.42. The van der Waals surface area contributed by atoms with Crippen molar-refractivity contribution in [2.24, 2.45) is 0 Å². The first-order chi connectivity index (χ1) is 12.5. The molecular weight excluding hydrogens is 428 g/mol. The van der Waals surface area contributed by atoms with Crippen LogP contribution >= 0.6 is 39.0 Å². The van der Waals surface area contributed by atoms with Gasteiger partial charge in [0.25, 0.3) is 0 Å². The monoisotopic (exact) mass is 454 g/mol. The normalized spacial score (nSPS) is 22.0. The molecular formula is C19H27BrN4S2. The number of hydrogen-bond acceptors (Lipinski definition) is 6. The molecule has 1 saturated heterocycles. The average molecular weight is 455 g/mol. The van der Waals surface area contributed by atoms with Crippen LogP contribution in [0.5, 0.6) is 0 Å². The molecule has 1 aliphatic carbocycles. The van der Waals surface area contributed by atoms with Crippen LogP contribution in [0.1, 0.15) is 33.6 Å². The van der Waals surface area contributed by atoms with Gasteiger partial charge in [0.1, 0.15) is 4.21 Å². The summed E-state index contributed by atoms with van der Waals surface area (Å²) in [5.41, 5.74) is 1.35. The van der Waals surface area contributed by atoms with Crippen LogP contribution in [-0.2, 0) is 0 Å². The highest BCUT2D eigenvalue weighted by Gasteiger charge is 2.32. The first-order valence-electron chi connectivity index (χ1n) is 9.48. The number of rotatable bonds is 5. The summed E-state index contributed by atoms with van der Waals surface area (Å²) in [4.78, 5) is 12.5. The van der Waals surface area contributed by atoms with Gasteiger partial charge < -0.3 is 9.80 Å². The fraction of sp³-hybridized carbons (Fsp3) is 0.632. The Hall–Kier alpha value is -0.500. The van der Waals surface area contributed by atoms with E-state index in [1.807, 2.05) is 23.1 Å². The second-order valence-corrected chi connectivity index (χ2v) is 11.3. The number of hydrogen-bond donors (Lipinski definition) is 0. The number of anilines is 2. The average Bonchev–Trinajstić information content (AvgIpc) is 3.38. The highest BCUT2D eigenvalue weighted by atomic mass is 79.9. The quantitative estimate of drug-likeness (QED) is 0.586. The van der Waals surface area contributed by atoms with E-state index in [0.717, 1.165) is 30.8 Å². The van der Waals surface area contributed by atoms with Gasteiger partial charge in [-0.2, -0.15) is 0 Å². The molecule has 0 aromatic carbocycles. The molecule has 142 valence electrons. The zero-order chi connectivity index (χ0) is 18.3. The van der Waals surface area contributed by atoms with Gasteiger partial charge in [-0.05, 0) is 31.4 Å². The highest BCUT2D eigenvalue weighted by Crippen LogP contribution is 2.42. The summed E-state index contributed by atoms with van der Waals surface area (Å²) in [5.74, 6) is 1.21. The predicted molar refractivity (Wildman–Crippen MR) is 118 cm³/mol. The van der Waals surface area contributed by atoms with Crippen molar-refractivity contribution in [2.75, 3.05) is 42.5 Å². The van der Waals surface area contributed by atoms with Gasteiger partial charge in [0.15, 0.2) is 10.9 Å². The standard InChI is InChI=1S/C19H27BrN4S2/c1-13(2)25-18-17(23-10-8-22(9-11-23)15-4-5-15)21-19(26-18)24-7-6-16(20)14(3)12-24/h6-7,13,15H,4-5,8-12H2,1-3H3. The van der Waals surface area contributed by atoms with E-state index in [2.05, 4.69) is 63.7 Å². The number of piperazine rings is 1. The van der Waals surface area contributed by atoms with Gasteiger partial charge in [-0.1, -0.05) is 41.1 Å². The lowest BCUT2D eigenvalue weighted by Crippen LogP contribution is -2.47. The number of allylic oxidation sites excluding steroid dienone is 2. The van der Waals surface area contributed by atoms with E-state index in [4.69, 9.17) is 4.98 Å². The number of aromatic nitrogens is 1. The summed E-state index contributed by atoms with van der Waals surface area (Å²) in [7, 11) is 0. The maximum absolute atomic E-state index is 5.10. The van der Waals surface area contributed by atoms with Gasteiger partial charge in [0, 0.05) is 54.7 Å². The summed E-state index contributed by atoms with van der Waals surface area (Å²) in [6.07, 6.45) is 7.08. The molecule has 0 radical (unpaired) electrons. The van der Waals surface area contributed by atoms with Crippen molar-refractivity contribution in [3.63, 3.8) is 0 Å². The number of halogens is 1. The van der Waals surface area contributed by atoms with Gasteiger partial charge in [0.05, 0.1) is 0 Å². The Bertz CT molecular complexity index is 715. The lowest BCUT2D eigenvalue weighted by Gasteiger charge is -2.35. The Morgan fingerprint density at radius 2 is 1.96 bits per heavy atom. The maximum Gasteiger partial charge on any atom is 0.192 e. The largest absolute Gasteiger partial charge is 0.352 e. The minimum Gasteiger partial charge on any atom is -0.352 e. The predicted octanol–water partition coefficient (Wildman–Crippen LogP) is 4.93. The summed E-state index contributed by atoms with van der Waals surface area (Å²) in [5, 5.41) is 1.69. The zero-order valence-electron chi connectivity index (χ0n) is 15.7. The molecule has 3 aliphatic rings. The van der Waals surface area contributed by atoms with Crippen molar-refractivity contribution in [3.8, 4) is 0 Å². The van der Waals surface area contributed by atoms with E-state index >= 15 is 0 Å². The van der Waals surface area contributed by atoms with Crippen LogP contribution < -0.4 is 9.80 Å². The van der Waals surface area contributed by atoms with E-state index in [1.165, 1.54) is 46.0 Å². The fourth-order valence-electron chi connectivity index (χ4n) is 3.45. The van der Waals surface area contributed by atoms with Crippen LogP contribution in [-0.4, -0.2) is 53.9 Å². The van der Waals surface area contributed by atoms with Crippen molar-refractivity contribution in [3.05, 3.63) is 22.3 Å². The number of thioether (sulfide) groups is 1. The summed E-state index contributed by atoms with van der Waals surface area (Å²) in [6, 6.07) is 0.874. The van der Waals surface area contributed by atoms with Gasteiger partial charge in [0.2, 0.25) is 0 Å². The van der Waals surface area contributed by atoms with Gasteiger partial charge >= 0.3 is 0 Å². The molecule has 7 heteroatoms. The molecule has 0 unspecified atom stereocenters. The third kappa shape index (κ3) is 4.16. The Labute approximate surface area is 173 Å². The van der Waals surface area contributed by atoms with Crippen molar-refractivity contribution in [1.29, 1.82) is 0 Å². The van der Waals surface area contributed by atoms with E-state index in [-0.39, 0.29) is 0 Å². The lowest BCUT2D eigenvalue weighted by molar-refractivity contribution is 0.247. The SMILES string of the molecule is CC1=C(Br)C=CN(c2nc(N3CCN(C4CC4)CC3)c(SC(C)C)s2)C1. The van der Waals surface area contributed by atoms with Gasteiger partial charge in [-0.3, -0.25) is 4.90 Å². The molecule has 0 bridgehead atoms. The summed E-state index contributed by atoms with van der Waals surface area (Å²) < 4.78 is 2.56. The van der Waals surface area contributed by atoms with Gasteiger partial charge in [-0.15, -0.1) is 11.8 Å². The van der Waals surface area contributed by atoms with Crippen molar-refractivity contribution < 1.29 is 0 Å². The van der Waals surface area contributed by atoms with E-state index in [1.54, 1.807) is 0 Å². The number of thiazole rings is 1. The van der Waals surface area contributed by atoms with E-state index in [9.17, 15) is 0 Å². The topological polar surface area (TPSA) is 22.6 Å². The van der Waals surface area contributed by atoms with Crippen molar-refractivity contribution in [1.82, 2.24) is 9.88 Å². The van der Waals surface area contributed by atoms with Crippen LogP contribution in [0.2, 0.25) is 0 Å². The minimum absolute atomic E-state index is 0.572. The van der Waals surface area contributed by atoms with E-state index < -0.39 is 0 Å². The molecule has 26 heavy (non-hydrogen) atoms. The molecule has 1 aromatic heterocycles. The summed E-state index contributed by atoms with van der Waals surface area (Å²) in [6.45, 7) is 12.2. The molecule has 2 aliphatic heterocycles. The third-order valence-electron chi connectivity index (χ3n) is 5.05. The molecule has 0 spiro atoms. The molecule has 2 fully saturated rings. The second-order valence-electron chi connectivity index (χ2n) is 7.60. The fourth-order valence-corrected chi connectivity index (χ4v) is 6.20. The molecule has 4 nitrogen and oxygen atoms in total. The van der Waals surface area contributed by atoms with Crippen LogP contribution in [0.4, 0.5) is 10.9 Å². The van der Waals surface area contributed by atoms with Crippen molar-refractivity contribution >= 4 is 50.0 Å². The van der Waals surface area contributed by atoms with Crippen LogP contribution in [0, 0.1) is 0 Å². The molecule has 4 rings (SSSR count). The Morgan fingerprint density at radius 3 is 2.58 bits per heavy atom. The molecule has 0 N–H and O–H groups in total. The Morgan fingerprint density at radius 1 is 1.23 bits per heavy atom. The lowest BCUT2D eigenvalue weighted by atomic mass is 10.2. The first kappa shape index (κ1) is 18.8.